The Morgan fingerprint density at radius 3 is 2.54 bits per heavy atom. The van der Waals surface area contributed by atoms with Gasteiger partial charge in [-0.25, -0.2) is 4.79 Å². The van der Waals surface area contributed by atoms with E-state index < -0.39 is 11.9 Å². The van der Waals surface area contributed by atoms with Crippen LogP contribution in [-0.4, -0.2) is 25.2 Å². The Balaban J connectivity index is 1.65. The molecule has 2 aromatic carbocycles. The van der Waals surface area contributed by atoms with Crippen molar-refractivity contribution >= 4 is 29.2 Å². The van der Waals surface area contributed by atoms with E-state index in [1.165, 1.54) is 6.07 Å². The number of carbonyl (C=O) groups is 2. The van der Waals surface area contributed by atoms with E-state index in [-0.39, 0.29) is 0 Å². The summed E-state index contributed by atoms with van der Waals surface area (Å²) in [6, 6.07) is 8.92. The fraction of sp³-hybridized carbons (Fsp3) is 0.118. The number of imide groups is 1. The second-order valence-electron chi connectivity index (χ2n) is 5.07. The Labute approximate surface area is 143 Å². The molecule has 3 rings (SSSR count). The van der Waals surface area contributed by atoms with Gasteiger partial charge in [-0.3, -0.25) is 10.1 Å². The summed E-state index contributed by atoms with van der Waals surface area (Å²) >= 11 is 5.94. The number of fused-ring (bicyclic) bond motifs is 1. The average molecular weight is 346 g/mol. The number of anilines is 1. The first-order valence-electron chi connectivity index (χ1n) is 7.16. The van der Waals surface area contributed by atoms with E-state index in [1.807, 2.05) is 0 Å². The number of benzene rings is 2. The van der Waals surface area contributed by atoms with Crippen LogP contribution in [0.4, 0.5) is 10.5 Å². The molecule has 1 aliphatic rings. The van der Waals surface area contributed by atoms with Crippen LogP contribution in [0.15, 0.2) is 36.4 Å². The van der Waals surface area contributed by atoms with E-state index in [2.05, 4.69) is 17.6 Å². The molecule has 24 heavy (non-hydrogen) atoms. The SMILES string of the molecule is [CH2]c1ccc(NC(=O)NC(=O)c2ccc3c(c2)OCCO3)cc1Cl. The maximum absolute atomic E-state index is 12.1. The van der Waals surface area contributed by atoms with Gasteiger partial charge >= 0.3 is 6.03 Å². The first kappa shape index (κ1) is 16.1. The molecule has 0 aliphatic carbocycles. The van der Waals surface area contributed by atoms with Gasteiger partial charge in [0.2, 0.25) is 0 Å². The third kappa shape index (κ3) is 3.60. The van der Waals surface area contributed by atoms with Crippen LogP contribution in [0.25, 0.3) is 0 Å². The molecule has 3 amide bonds. The van der Waals surface area contributed by atoms with Gasteiger partial charge in [0.05, 0.1) is 0 Å². The van der Waals surface area contributed by atoms with Crippen molar-refractivity contribution < 1.29 is 19.1 Å². The number of urea groups is 1. The number of hydrogen-bond acceptors (Lipinski definition) is 4. The highest BCUT2D eigenvalue weighted by atomic mass is 35.5. The number of ether oxygens (including phenoxy) is 2. The largest absolute Gasteiger partial charge is 0.486 e. The third-order valence-corrected chi connectivity index (χ3v) is 3.69. The molecule has 0 unspecified atom stereocenters. The Kier molecular flexibility index (Phi) is 4.57. The lowest BCUT2D eigenvalue weighted by Crippen LogP contribution is -2.34. The van der Waals surface area contributed by atoms with E-state index >= 15 is 0 Å². The smallest absolute Gasteiger partial charge is 0.326 e. The van der Waals surface area contributed by atoms with Crippen LogP contribution in [0.3, 0.4) is 0 Å². The Morgan fingerprint density at radius 2 is 1.79 bits per heavy atom. The van der Waals surface area contributed by atoms with Gasteiger partial charge in [-0.15, -0.1) is 0 Å². The Morgan fingerprint density at radius 1 is 1.04 bits per heavy atom. The van der Waals surface area contributed by atoms with Crippen molar-refractivity contribution in [1.82, 2.24) is 5.32 Å². The van der Waals surface area contributed by atoms with Crippen molar-refractivity contribution in [3.63, 3.8) is 0 Å². The number of hydrogen-bond donors (Lipinski definition) is 2. The maximum atomic E-state index is 12.1. The number of carbonyl (C=O) groups excluding carboxylic acids is 2. The summed E-state index contributed by atoms with van der Waals surface area (Å²) in [6.07, 6.45) is 0. The average Bonchev–Trinajstić information content (AvgIpc) is 2.57. The number of amides is 3. The summed E-state index contributed by atoms with van der Waals surface area (Å²) < 4.78 is 10.8. The van der Waals surface area contributed by atoms with Crippen LogP contribution < -0.4 is 20.1 Å². The quantitative estimate of drug-likeness (QED) is 0.876. The summed E-state index contributed by atoms with van der Waals surface area (Å²) in [4.78, 5) is 24.1. The minimum Gasteiger partial charge on any atom is -0.486 e. The maximum Gasteiger partial charge on any atom is 0.326 e. The molecule has 0 saturated heterocycles. The number of rotatable bonds is 2. The van der Waals surface area contributed by atoms with Crippen LogP contribution in [0.1, 0.15) is 15.9 Å². The van der Waals surface area contributed by atoms with Gasteiger partial charge in [-0.1, -0.05) is 17.7 Å². The molecule has 7 heteroatoms. The molecule has 1 aliphatic heterocycles. The molecule has 0 bridgehead atoms. The molecular formula is C17H14ClN2O4. The first-order valence-corrected chi connectivity index (χ1v) is 7.54. The second-order valence-corrected chi connectivity index (χ2v) is 5.48. The molecular weight excluding hydrogens is 332 g/mol. The summed E-state index contributed by atoms with van der Waals surface area (Å²) in [7, 11) is 0. The molecule has 123 valence electrons. The standard InChI is InChI=1S/C17H14ClN2O4/c1-10-2-4-12(9-13(10)18)19-17(22)20-16(21)11-3-5-14-15(8-11)24-7-6-23-14/h2-5,8-9H,1,6-7H2,(H2,19,20,21,22). The van der Waals surface area contributed by atoms with Gasteiger partial charge < -0.3 is 14.8 Å². The highest BCUT2D eigenvalue weighted by Crippen LogP contribution is 2.30. The van der Waals surface area contributed by atoms with Crippen molar-refractivity contribution in [3.05, 3.63) is 59.5 Å². The van der Waals surface area contributed by atoms with Crippen molar-refractivity contribution in [1.29, 1.82) is 0 Å². The van der Waals surface area contributed by atoms with Crippen molar-refractivity contribution in [2.24, 2.45) is 0 Å². The van der Waals surface area contributed by atoms with Crippen LogP contribution in [0.2, 0.25) is 5.02 Å². The number of nitrogens with one attached hydrogen (secondary N) is 2. The van der Waals surface area contributed by atoms with E-state index in [1.54, 1.807) is 30.3 Å². The fourth-order valence-corrected chi connectivity index (χ4v) is 2.33. The van der Waals surface area contributed by atoms with Crippen molar-refractivity contribution in [3.8, 4) is 11.5 Å². The minimum absolute atomic E-state index is 0.292. The van der Waals surface area contributed by atoms with E-state index in [0.29, 0.717) is 46.5 Å². The molecule has 0 saturated carbocycles. The van der Waals surface area contributed by atoms with Crippen LogP contribution in [-0.2, 0) is 0 Å². The van der Waals surface area contributed by atoms with Gasteiger partial charge in [0.25, 0.3) is 5.91 Å². The molecule has 2 aromatic rings. The van der Waals surface area contributed by atoms with E-state index in [4.69, 9.17) is 21.1 Å². The molecule has 2 N–H and O–H groups in total. The van der Waals surface area contributed by atoms with Gasteiger partial charge in [0.15, 0.2) is 11.5 Å². The predicted molar refractivity (Wildman–Crippen MR) is 89.8 cm³/mol. The van der Waals surface area contributed by atoms with E-state index in [0.717, 1.165) is 0 Å². The zero-order valence-electron chi connectivity index (χ0n) is 12.6. The normalized spacial score (nSPS) is 12.4. The monoisotopic (exact) mass is 345 g/mol. The lowest BCUT2D eigenvalue weighted by molar-refractivity contribution is 0.0966. The molecule has 1 heterocycles. The summed E-state index contributed by atoms with van der Waals surface area (Å²) in [6.45, 7) is 4.61. The Hall–Kier alpha value is -2.73. The number of halogens is 1. The second kappa shape index (κ2) is 6.80. The van der Waals surface area contributed by atoms with Crippen LogP contribution >= 0.6 is 11.6 Å². The van der Waals surface area contributed by atoms with Gasteiger partial charge in [-0.05, 0) is 42.8 Å². The van der Waals surface area contributed by atoms with Crippen molar-refractivity contribution in [2.45, 2.75) is 0 Å². The molecule has 0 spiro atoms. The zero-order chi connectivity index (χ0) is 17.1. The Bertz CT molecular complexity index is 807. The summed E-state index contributed by atoms with van der Waals surface area (Å²) in [5.74, 6) is 0.502. The zero-order valence-corrected chi connectivity index (χ0v) is 13.4. The topological polar surface area (TPSA) is 76.7 Å². The molecule has 1 radical (unpaired) electrons. The first-order chi connectivity index (χ1) is 11.5. The molecule has 0 fully saturated rings. The van der Waals surface area contributed by atoms with Crippen LogP contribution in [0, 0.1) is 6.92 Å². The van der Waals surface area contributed by atoms with Gasteiger partial charge in [0.1, 0.15) is 13.2 Å². The van der Waals surface area contributed by atoms with Crippen LogP contribution in [0.5, 0.6) is 11.5 Å². The lowest BCUT2D eigenvalue weighted by Gasteiger charge is -2.18. The summed E-state index contributed by atoms with van der Waals surface area (Å²) in [5, 5.41) is 5.20. The van der Waals surface area contributed by atoms with E-state index in [9.17, 15) is 9.59 Å². The lowest BCUT2D eigenvalue weighted by atomic mass is 10.2. The minimum atomic E-state index is -0.664. The highest BCUT2D eigenvalue weighted by Gasteiger charge is 2.16. The van der Waals surface area contributed by atoms with Crippen molar-refractivity contribution in [2.75, 3.05) is 18.5 Å². The highest BCUT2D eigenvalue weighted by molar-refractivity contribution is 6.31. The van der Waals surface area contributed by atoms with Gasteiger partial charge in [-0.2, -0.15) is 0 Å². The molecule has 0 aromatic heterocycles. The predicted octanol–water partition coefficient (Wildman–Crippen LogP) is 3.26. The summed E-state index contributed by atoms with van der Waals surface area (Å²) in [5.41, 5.74) is 1.40. The third-order valence-electron chi connectivity index (χ3n) is 3.34. The molecule has 0 atom stereocenters. The van der Waals surface area contributed by atoms with Gasteiger partial charge in [0, 0.05) is 16.3 Å². The molecule has 6 nitrogen and oxygen atoms in total. The fourth-order valence-electron chi connectivity index (χ4n) is 2.15.